The fourth-order valence-corrected chi connectivity index (χ4v) is 9.81. The van der Waals surface area contributed by atoms with Gasteiger partial charge in [-0.25, -0.2) is 9.65 Å². The van der Waals surface area contributed by atoms with E-state index in [0.717, 1.165) is 16.7 Å². The molecule has 1 aliphatic rings. The van der Waals surface area contributed by atoms with E-state index in [0.29, 0.717) is 33.1 Å². The van der Waals surface area contributed by atoms with E-state index in [4.69, 9.17) is 54.9 Å². The summed E-state index contributed by atoms with van der Waals surface area (Å²) in [4.78, 5) is 9.65. The fraction of sp³-hybridized carbons (Fsp3) is 0.419. The van der Waals surface area contributed by atoms with Crippen LogP contribution in [0.3, 0.4) is 0 Å². The van der Waals surface area contributed by atoms with Crippen LogP contribution in [-0.4, -0.2) is 98.3 Å². The molecule has 7 rings (SSSR count). The Morgan fingerprint density at radius 2 is 1.50 bits per heavy atom. The number of rotatable bonds is 18. The van der Waals surface area contributed by atoms with Crippen molar-refractivity contribution in [2.45, 2.75) is 76.3 Å². The Hall–Kier alpha value is -4.82. The second kappa shape index (κ2) is 18.8. The van der Waals surface area contributed by atoms with E-state index >= 15 is 0 Å². The molecular formula is C43H51N8O7PS. The number of hydrogen-bond acceptors (Lipinski definition) is 13. The number of methoxy groups -OCH3 is 3. The minimum absolute atomic E-state index is 0.0346. The van der Waals surface area contributed by atoms with E-state index in [1.807, 2.05) is 78.3 Å². The Balaban J connectivity index is 1.37. The van der Waals surface area contributed by atoms with E-state index in [2.05, 4.69) is 55.7 Å². The topological polar surface area (TPSA) is 145 Å². The zero-order valence-corrected chi connectivity index (χ0v) is 36.7. The van der Waals surface area contributed by atoms with Crippen LogP contribution in [0.5, 0.6) is 11.5 Å². The summed E-state index contributed by atoms with van der Waals surface area (Å²) in [5.41, 5.74) is 2.47. The molecule has 1 fully saturated rings. The molecule has 17 heteroatoms. The summed E-state index contributed by atoms with van der Waals surface area (Å²) >= 11 is 5.84. The van der Waals surface area contributed by atoms with Gasteiger partial charge in [0, 0.05) is 26.2 Å². The Bertz CT molecular complexity index is 2400. The molecule has 3 aromatic heterocycles. The summed E-state index contributed by atoms with van der Waals surface area (Å²) in [6.45, 7) is 8.61. The first-order chi connectivity index (χ1) is 29.1. The molecule has 5 atom stereocenters. The van der Waals surface area contributed by atoms with Gasteiger partial charge in [-0.1, -0.05) is 66.8 Å². The van der Waals surface area contributed by atoms with Gasteiger partial charge in [0.1, 0.15) is 47.3 Å². The summed E-state index contributed by atoms with van der Waals surface area (Å²) in [6.07, 6.45) is 0.539. The van der Waals surface area contributed by atoms with Crippen LogP contribution in [0.1, 0.15) is 57.0 Å². The van der Waals surface area contributed by atoms with E-state index in [9.17, 15) is 5.26 Å². The molecule has 0 radical (unpaired) electrons. The second-order valence-electron chi connectivity index (χ2n) is 14.9. The largest absolute Gasteiger partial charge is 0.497 e. The van der Waals surface area contributed by atoms with Gasteiger partial charge in [-0.05, 0) is 68.7 Å². The Morgan fingerprint density at radius 1 is 0.883 bits per heavy atom. The molecule has 0 aliphatic carbocycles. The highest BCUT2D eigenvalue weighted by Gasteiger charge is 2.51. The number of aromatic nitrogens is 6. The molecule has 60 heavy (non-hydrogen) atoms. The van der Waals surface area contributed by atoms with Gasteiger partial charge in [0.15, 0.2) is 16.5 Å². The van der Waals surface area contributed by atoms with Crippen LogP contribution in [0, 0.1) is 16.0 Å². The molecule has 1 saturated heterocycles. The monoisotopic (exact) mass is 854 g/mol. The van der Waals surface area contributed by atoms with Crippen LogP contribution in [0.25, 0.3) is 16.9 Å². The van der Waals surface area contributed by atoms with E-state index in [1.54, 1.807) is 43.1 Å². The van der Waals surface area contributed by atoms with E-state index < -0.39 is 38.7 Å². The van der Waals surface area contributed by atoms with Crippen molar-refractivity contribution in [3.05, 3.63) is 113 Å². The summed E-state index contributed by atoms with van der Waals surface area (Å²) < 4.78 is 53.4. The zero-order chi connectivity index (χ0) is 42.6. The van der Waals surface area contributed by atoms with Crippen molar-refractivity contribution in [3.63, 3.8) is 0 Å². The molecule has 0 saturated carbocycles. The first kappa shape index (κ1) is 43.3. The van der Waals surface area contributed by atoms with Gasteiger partial charge in [0.25, 0.3) is 8.53 Å². The maximum atomic E-state index is 9.47. The minimum atomic E-state index is -1.74. The highest BCUT2D eigenvalue weighted by Crippen LogP contribution is 2.51. The molecule has 0 spiro atoms. The van der Waals surface area contributed by atoms with Gasteiger partial charge in [-0.2, -0.15) is 19.9 Å². The number of imidazole rings is 1. The maximum absolute atomic E-state index is 9.47. The summed E-state index contributed by atoms with van der Waals surface area (Å²) in [7, 11) is 5.03. The molecule has 316 valence electrons. The van der Waals surface area contributed by atoms with Gasteiger partial charge in [0.05, 0.1) is 46.3 Å². The average molecular weight is 855 g/mol. The number of nitrogens with zero attached hydrogens (tertiary/aromatic N) is 8. The lowest BCUT2D eigenvalue weighted by Crippen LogP contribution is -2.42. The number of fused-ring (bicyclic) bond motifs is 2. The van der Waals surface area contributed by atoms with Crippen LogP contribution in [0.2, 0.25) is 0 Å². The van der Waals surface area contributed by atoms with Gasteiger partial charge in [-0.15, -0.1) is 0 Å². The number of aryl methyl sites for hydroxylation is 1. The fourth-order valence-electron chi connectivity index (χ4n) is 7.77. The molecule has 0 N–H and O–H groups in total. The van der Waals surface area contributed by atoms with Crippen molar-refractivity contribution in [2.24, 2.45) is 7.05 Å². The van der Waals surface area contributed by atoms with Gasteiger partial charge < -0.3 is 37.3 Å². The van der Waals surface area contributed by atoms with Crippen molar-refractivity contribution in [1.29, 1.82) is 5.26 Å². The highest BCUT2D eigenvalue weighted by atomic mass is 32.1. The Morgan fingerprint density at radius 3 is 2.07 bits per heavy atom. The molecule has 1 unspecified atom stereocenters. The number of ether oxygens (including phenoxy) is 5. The Labute approximate surface area is 356 Å². The normalized spacial score (nSPS) is 18.8. The molecule has 4 heterocycles. The standard InChI is InChI=1S/C43H51N8O7PS/c1-28(2)51(29(3)4)59(56-24-12-23-44)58-37-35(57-40(38(37)54-8)49-26-45-36-39(49)47-42-48(5)27-46-50(42)41(36)60)25-55-43(30-13-10-9-11-14-30,31-15-19-33(52-6)20-16-31)32-17-21-34(53-7)22-18-32/h9-11,13-22,26-29,35,37-38,40H,12,24-25H2,1-8H3/t35-,37-,38-,40-,59?/m1/s1. The number of nitriles is 1. The smallest absolute Gasteiger partial charge is 0.259 e. The number of benzene rings is 3. The van der Waals surface area contributed by atoms with Gasteiger partial charge >= 0.3 is 0 Å². The lowest BCUT2D eigenvalue weighted by atomic mass is 9.80. The van der Waals surface area contributed by atoms with Crippen molar-refractivity contribution >= 4 is 37.7 Å². The van der Waals surface area contributed by atoms with Crippen molar-refractivity contribution in [2.75, 3.05) is 34.5 Å². The average Bonchev–Trinajstić information content (AvgIpc) is 3.96. The molecular weight excluding hydrogens is 804 g/mol. The first-order valence-electron chi connectivity index (χ1n) is 19.7. The first-order valence-corrected chi connectivity index (χ1v) is 21.3. The SMILES string of the molecule is COc1ccc(C(OC[C@H]2O[C@@H](n3cnc4c(=S)n5ncn(C)c5nc43)[C@H](OC)[C@@H]2OP(OCCC#N)N(C(C)C)C(C)C)(c2ccccc2)c2ccc(OC)cc2)cc1. The van der Waals surface area contributed by atoms with Crippen molar-refractivity contribution in [1.82, 2.24) is 33.4 Å². The molecule has 1 aliphatic heterocycles. The molecule has 0 amide bonds. The van der Waals surface area contributed by atoms with Gasteiger partial charge in [0.2, 0.25) is 5.78 Å². The lowest BCUT2D eigenvalue weighted by molar-refractivity contribution is -0.0938. The highest BCUT2D eigenvalue weighted by molar-refractivity contribution is 7.71. The van der Waals surface area contributed by atoms with Crippen LogP contribution in [0.15, 0.2) is 91.5 Å². The third-order valence-electron chi connectivity index (χ3n) is 10.6. The molecule has 0 bridgehead atoms. The Kier molecular flexibility index (Phi) is 13.6. The van der Waals surface area contributed by atoms with Crippen LogP contribution in [0.4, 0.5) is 0 Å². The van der Waals surface area contributed by atoms with Crippen molar-refractivity contribution in [3.8, 4) is 17.6 Å². The number of hydrogen-bond donors (Lipinski definition) is 0. The summed E-state index contributed by atoms with van der Waals surface area (Å²) in [6, 6.07) is 28.1. The maximum Gasteiger partial charge on any atom is 0.259 e. The van der Waals surface area contributed by atoms with Gasteiger partial charge in [-0.3, -0.25) is 4.57 Å². The minimum Gasteiger partial charge on any atom is -0.497 e. The molecule has 3 aromatic carbocycles. The summed E-state index contributed by atoms with van der Waals surface area (Å²) in [5.74, 6) is 1.96. The third-order valence-corrected chi connectivity index (χ3v) is 13.1. The molecule has 6 aromatic rings. The summed E-state index contributed by atoms with van der Waals surface area (Å²) in [5, 5.41) is 13.9. The molecule has 15 nitrogen and oxygen atoms in total. The second-order valence-corrected chi connectivity index (χ2v) is 16.7. The lowest BCUT2D eigenvalue weighted by Gasteiger charge is -2.39. The van der Waals surface area contributed by atoms with Crippen LogP contribution >= 0.6 is 20.7 Å². The zero-order valence-electron chi connectivity index (χ0n) is 35.0. The van der Waals surface area contributed by atoms with Crippen LogP contribution in [-0.2, 0) is 35.9 Å². The van der Waals surface area contributed by atoms with Crippen LogP contribution < -0.4 is 9.47 Å². The quantitative estimate of drug-likeness (QED) is 0.0360. The van der Waals surface area contributed by atoms with Crippen molar-refractivity contribution < 1.29 is 32.7 Å². The predicted octanol–water partition coefficient (Wildman–Crippen LogP) is 7.75. The third kappa shape index (κ3) is 8.29. The van der Waals surface area contributed by atoms with E-state index in [1.165, 1.54) is 0 Å². The van der Waals surface area contributed by atoms with E-state index in [-0.39, 0.29) is 31.7 Å². The predicted molar refractivity (Wildman–Crippen MR) is 229 cm³/mol.